The molecule has 0 atom stereocenters. The van der Waals surface area contributed by atoms with Gasteiger partial charge in [-0.1, -0.05) is 105 Å². The zero-order valence-corrected chi connectivity index (χ0v) is 25.0. The zero-order valence-electron chi connectivity index (χ0n) is 23.3. The minimum atomic E-state index is 0.243. The molecule has 0 saturated carbocycles. The van der Waals surface area contributed by atoms with Crippen molar-refractivity contribution in [1.29, 1.82) is 0 Å². The molecular formula is C35H27B2NS2. The van der Waals surface area contributed by atoms with E-state index in [1.807, 2.05) is 23.5 Å². The van der Waals surface area contributed by atoms with E-state index in [-0.39, 0.29) is 13.4 Å². The van der Waals surface area contributed by atoms with Crippen molar-refractivity contribution >= 4 is 86.8 Å². The number of aryl methyl sites for hydroxylation is 4. The fraction of sp³-hybridized carbons (Fsp3) is 0.143. The van der Waals surface area contributed by atoms with Gasteiger partial charge in [0, 0.05) is 36.6 Å². The molecule has 40 heavy (non-hydrogen) atoms. The Morgan fingerprint density at radius 2 is 0.900 bits per heavy atom. The molecule has 5 aromatic carbocycles. The van der Waals surface area contributed by atoms with Crippen molar-refractivity contribution in [3.05, 3.63) is 101 Å². The van der Waals surface area contributed by atoms with Crippen molar-refractivity contribution < 1.29 is 0 Å². The van der Waals surface area contributed by atoms with Crippen molar-refractivity contribution in [2.24, 2.45) is 0 Å². The Morgan fingerprint density at radius 3 is 1.35 bits per heavy atom. The van der Waals surface area contributed by atoms with Gasteiger partial charge in [-0.05, 0) is 86.3 Å². The van der Waals surface area contributed by atoms with Crippen LogP contribution in [0.5, 0.6) is 0 Å². The quantitative estimate of drug-likeness (QED) is 0.238. The molecule has 0 radical (unpaired) electrons. The minimum Gasteiger partial charge on any atom is -0.312 e. The lowest BCUT2D eigenvalue weighted by molar-refractivity contribution is 1.17. The van der Waals surface area contributed by atoms with Gasteiger partial charge in [-0.25, -0.2) is 0 Å². The number of fused-ring (bicyclic) bond motifs is 10. The van der Waals surface area contributed by atoms with Gasteiger partial charge in [0.25, 0.3) is 0 Å². The summed E-state index contributed by atoms with van der Waals surface area (Å²) in [5.41, 5.74) is 19.7. The monoisotopic (exact) mass is 547 g/mol. The van der Waals surface area contributed by atoms with Crippen LogP contribution in [0.1, 0.15) is 27.8 Å². The molecule has 5 heteroatoms. The SMILES string of the molecule is Cc1ccc2c(c1)B1c3cc(C)ccc3N3c4ccc(C)cc4B4c5cc(C)ccc5Sc5c(C)c(c1c3c54)S2. The first-order valence-corrected chi connectivity index (χ1v) is 15.8. The van der Waals surface area contributed by atoms with E-state index in [0.717, 1.165) is 0 Å². The lowest BCUT2D eigenvalue weighted by Gasteiger charge is -2.48. The summed E-state index contributed by atoms with van der Waals surface area (Å²) in [5, 5.41) is 0. The molecule has 0 amide bonds. The van der Waals surface area contributed by atoms with Crippen molar-refractivity contribution in [3.63, 3.8) is 0 Å². The molecule has 0 aromatic heterocycles. The molecule has 0 unspecified atom stereocenters. The first-order chi connectivity index (χ1) is 19.4. The van der Waals surface area contributed by atoms with Gasteiger partial charge in [0.05, 0.1) is 0 Å². The second-order valence-corrected chi connectivity index (χ2v) is 14.2. The second-order valence-electron chi connectivity index (χ2n) is 12.1. The second kappa shape index (κ2) is 7.93. The van der Waals surface area contributed by atoms with Gasteiger partial charge in [0.1, 0.15) is 0 Å². The van der Waals surface area contributed by atoms with Crippen molar-refractivity contribution in [2.45, 2.75) is 54.2 Å². The van der Waals surface area contributed by atoms with E-state index in [1.165, 1.54) is 97.2 Å². The summed E-state index contributed by atoms with van der Waals surface area (Å²) in [7, 11) is 0. The highest BCUT2D eigenvalue weighted by Crippen LogP contribution is 2.48. The fourth-order valence-corrected chi connectivity index (χ4v) is 10.2. The lowest BCUT2D eigenvalue weighted by atomic mass is 9.30. The van der Waals surface area contributed by atoms with Crippen molar-refractivity contribution in [3.8, 4) is 0 Å². The average Bonchev–Trinajstić information content (AvgIpc) is 2.94. The highest BCUT2D eigenvalue weighted by molar-refractivity contribution is 8.01. The summed E-state index contributed by atoms with van der Waals surface area (Å²) in [4.78, 5) is 8.37. The largest absolute Gasteiger partial charge is 0.312 e. The Kier molecular flexibility index (Phi) is 4.64. The van der Waals surface area contributed by atoms with E-state index in [9.17, 15) is 0 Å². The Morgan fingerprint density at radius 1 is 0.500 bits per heavy atom. The number of hydrogen-bond acceptors (Lipinski definition) is 3. The van der Waals surface area contributed by atoms with Gasteiger partial charge in [-0.15, -0.1) is 0 Å². The number of rotatable bonds is 0. The van der Waals surface area contributed by atoms with Crippen molar-refractivity contribution in [2.75, 3.05) is 4.90 Å². The van der Waals surface area contributed by atoms with Gasteiger partial charge < -0.3 is 4.90 Å². The molecule has 0 saturated heterocycles. The summed E-state index contributed by atoms with van der Waals surface area (Å²) >= 11 is 3.98. The van der Waals surface area contributed by atoms with Crippen LogP contribution >= 0.6 is 23.5 Å². The molecule has 4 aliphatic heterocycles. The van der Waals surface area contributed by atoms with Crippen molar-refractivity contribution in [1.82, 2.24) is 0 Å². The van der Waals surface area contributed by atoms with E-state index < -0.39 is 0 Å². The van der Waals surface area contributed by atoms with E-state index in [1.54, 1.807) is 0 Å². The van der Waals surface area contributed by atoms with E-state index >= 15 is 0 Å². The maximum atomic E-state index is 2.64. The summed E-state index contributed by atoms with van der Waals surface area (Å²) < 4.78 is 0. The number of anilines is 3. The van der Waals surface area contributed by atoms with E-state index in [4.69, 9.17) is 0 Å². The highest BCUT2D eigenvalue weighted by atomic mass is 32.2. The maximum absolute atomic E-state index is 2.64. The topological polar surface area (TPSA) is 3.24 Å². The molecule has 0 bridgehead atoms. The first-order valence-electron chi connectivity index (χ1n) is 14.2. The molecule has 0 spiro atoms. The van der Waals surface area contributed by atoms with Crippen LogP contribution in [0.3, 0.4) is 0 Å². The Balaban J connectivity index is 1.48. The Labute approximate surface area is 245 Å². The molecule has 0 fully saturated rings. The molecule has 0 N–H and O–H groups in total. The standard InChI is InChI=1S/C35H27B2NS2/c1-18-6-10-27-23(14-18)36-25-16-20(3)8-12-29(25)39-34-22(5)35-32-33(31(34)36)38(27)28-11-7-19(2)15-24(28)37(32)26-17-21(4)9-13-30(26)40-35/h6-17H,1-5H3. The van der Waals surface area contributed by atoms with Crippen LogP contribution in [-0.2, 0) is 0 Å². The lowest BCUT2D eigenvalue weighted by Crippen LogP contribution is -2.67. The summed E-state index contributed by atoms with van der Waals surface area (Å²) in [6.07, 6.45) is 0. The molecule has 5 aromatic rings. The number of nitrogens with zero attached hydrogens (tertiary/aromatic N) is 1. The van der Waals surface area contributed by atoms with Crippen LogP contribution in [0, 0.1) is 34.6 Å². The average molecular weight is 547 g/mol. The molecule has 9 rings (SSSR count). The smallest absolute Gasteiger partial charge is 0.249 e. The van der Waals surface area contributed by atoms with Gasteiger partial charge in [-0.3, -0.25) is 0 Å². The van der Waals surface area contributed by atoms with Crippen LogP contribution in [-0.4, -0.2) is 13.4 Å². The molecule has 4 aliphatic rings. The summed E-state index contributed by atoms with van der Waals surface area (Å²) in [5.74, 6) is 0. The summed E-state index contributed by atoms with van der Waals surface area (Å²) in [6, 6.07) is 28.5. The van der Waals surface area contributed by atoms with Crippen LogP contribution in [0.2, 0.25) is 0 Å². The Bertz CT molecular complexity index is 1860. The number of hydrogen-bond donors (Lipinski definition) is 0. The fourth-order valence-electron chi connectivity index (χ4n) is 7.64. The predicted molar refractivity (Wildman–Crippen MR) is 175 cm³/mol. The Hall–Kier alpha value is -3.27. The van der Waals surface area contributed by atoms with Crippen LogP contribution in [0.15, 0.2) is 92.4 Å². The third-order valence-corrected chi connectivity index (χ3v) is 12.0. The number of benzene rings is 5. The van der Waals surface area contributed by atoms with Crippen LogP contribution < -0.4 is 37.7 Å². The normalized spacial score (nSPS) is 14.8. The van der Waals surface area contributed by atoms with E-state index in [0.29, 0.717) is 0 Å². The molecule has 1 nitrogen and oxygen atoms in total. The molecule has 4 heterocycles. The van der Waals surface area contributed by atoms with Gasteiger partial charge in [0.15, 0.2) is 0 Å². The summed E-state index contributed by atoms with van der Waals surface area (Å²) in [6.45, 7) is 11.8. The molecule has 0 aliphatic carbocycles. The third-order valence-electron chi connectivity index (χ3n) is 9.33. The molecular weight excluding hydrogens is 520 g/mol. The minimum absolute atomic E-state index is 0.243. The van der Waals surface area contributed by atoms with Crippen LogP contribution in [0.4, 0.5) is 17.1 Å². The zero-order chi connectivity index (χ0) is 27.0. The van der Waals surface area contributed by atoms with Gasteiger partial charge in [-0.2, -0.15) is 0 Å². The van der Waals surface area contributed by atoms with Crippen LogP contribution in [0.25, 0.3) is 0 Å². The highest BCUT2D eigenvalue weighted by Gasteiger charge is 2.50. The predicted octanol–water partition coefficient (Wildman–Crippen LogP) is 5.29. The van der Waals surface area contributed by atoms with Gasteiger partial charge in [0.2, 0.25) is 13.4 Å². The van der Waals surface area contributed by atoms with E-state index in [2.05, 4.69) is 112 Å². The third kappa shape index (κ3) is 2.90. The van der Waals surface area contributed by atoms with Gasteiger partial charge >= 0.3 is 0 Å². The molecule has 190 valence electrons. The first kappa shape index (κ1) is 23.4. The maximum Gasteiger partial charge on any atom is 0.249 e.